The van der Waals surface area contributed by atoms with Gasteiger partial charge in [0, 0.05) is 17.1 Å². The smallest absolute Gasteiger partial charge is 0.246 e. The molecule has 0 spiro atoms. The van der Waals surface area contributed by atoms with E-state index in [1.54, 1.807) is 4.90 Å². The lowest BCUT2D eigenvalue weighted by Crippen LogP contribution is -2.60. The first kappa shape index (κ1) is 12.5. The van der Waals surface area contributed by atoms with Crippen molar-refractivity contribution >= 4 is 27.5 Å². The Morgan fingerprint density at radius 3 is 2.88 bits per heavy atom. The molecule has 1 aromatic rings. The Kier molecular flexibility index (Phi) is 3.81. The van der Waals surface area contributed by atoms with E-state index in [1.165, 1.54) is 0 Å². The van der Waals surface area contributed by atoms with Crippen LogP contribution >= 0.6 is 15.9 Å². The van der Waals surface area contributed by atoms with Gasteiger partial charge in [-0.1, -0.05) is 12.1 Å². The van der Waals surface area contributed by atoms with E-state index < -0.39 is 6.04 Å². The van der Waals surface area contributed by atoms with E-state index in [1.807, 2.05) is 31.2 Å². The third-order valence-electron chi connectivity index (χ3n) is 2.93. The Morgan fingerprint density at radius 2 is 2.24 bits per heavy atom. The third kappa shape index (κ3) is 2.36. The van der Waals surface area contributed by atoms with Gasteiger partial charge in [0.2, 0.25) is 5.91 Å². The van der Waals surface area contributed by atoms with Gasteiger partial charge >= 0.3 is 0 Å². The van der Waals surface area contributed by atoms with Crippen molar-refractivity contribution in [3.8, 4) is 0 Å². The summed E-state index contributed by atoms with van der Waals surface area (Å²) in [5, 5.41) is 12.2. The van der Waals surface area contributed by atoms with Crippen molar-refractivity contribution < 1.29 is 9.90 Å². The molecule has 0 aliphatic carbocycles. The molecule has 0 aromatic heterocycles. The molecule has 2 N–H and O–H groups in total. The molecule has 0 bridgehead atoms. The fraction of sp³-hybridized carbons (Fsp3) is 0.417. The lowest BCUT2D eigenvalue weighted by atomic mass is 10.1. The summed E-state index contributed by atoms with van der Waals surface area (Å²) in [6.45, 7) is 2.49. The second-order valence-corrected chi connectivity index (χ2v) is 5.01. The lowest BCUT2D eigenvalue weighted by Gasteiger charge is -2.38. The number of nitrogens with one attached hydrogen (secondary N) is 1. The van der Waals surface area contributed by atoms with E-state index in [0.29, 0.717) is 6.54 Å². The molecule has 4 nitrogen and oxygen atoms in total. The number of nitrogens with zero attached hydrogens (tertiary/aromatic N) is 1. The van der Waals surface area contributed by atoms with Gasteiger partial charge in [-0.05, 0) is 35.0 Å². The number of amides is 1. The summed E-state index contributed by atoms with van der Waals surface area (Å²) in [5.41, 5.74) is 0.852. The van der Waals surface area contributed by atoms with Crippen LogP contribution in [0.1, 0.15) is 6.92 Å². The van der Waals surface area contributed by atoms with Gasteiger partial charge in [0.15, 0.2) is 0 Å². The minimum absolute atomic E-state index is 0.0731. The van der Waals surface area contributed by atoms with Crippen molar-refractivity contribution in [2.24, 2.45) is 0 Å². The number of piperazine rings is 1. The Bertz CT molecular complexity index is 425. The van der Waals surface area contributed by atoms with Crippen LogP contribution in [-0.2, 0) is 4.79 Å². The maximum atomic E-state index is 12.2. The molecule has 2 atom stereocenters. The highest BCUT2D eigenvalue weighted by molar-refractivity contribution is 9.10. The number of rotatable bonds is 2. The van der Waals surface area contributed by atoms with E-state index >= 15 is 0 Å². The Labute approximate surface area is 109 Å². The summed E-state index contributed by atoms with van der Waals surface area (Å²) in [4.78, 5) is 13.9. The first-order valence-electron chi connectivity index (χ1n) is 5.57. The maximum absolute atomic E-state index is 12.2. The summed E-state index contributed by atoms with van der Waals surface area (Å²) in [5.74, 6) is -0.0850. The molecule has 1 heterocycles. The summed E-state index contributed by atoms with van der Waals surface area (Å²) in [7, 11) is 0. The van der Waals surface area contributed by atoms with Gasteiger partial charge in [-0.3, -0.25) is 4.79 Å². The van der Waals surface area contributed by atoms with Crippen molar-refractivity contribution in [1.82, 2.24) is 5.32 Å². The number of para-hydroxylation sites is 1. The zero-order valence-corrected chi connectivity index (χ0v) is 11.1. The number of benzene rings is 1. The van der Waals surface area contributed by atoms with Crippen LogP contribution in [-0.4, -0.2) is 36.2 Å². The SMILES string of the molecule is CC1CNC(CO)C(=O)N1c1ccccc1Br. The second-order valence-electron chi connectivity index (χ2n) is 4.15. The number of carbonyl (C=O) groups is 1. The molecule has 1 amide bonds. The second kappa shape index (κ2) is 5.16. The van der Waals surface area contributed by atoms with E-state index in [2.05, 4.69) is 21.2 Å². The predicted octanol–water partition coefficient (Wildman–Crippen LogP) is 1.13. The van der Waals surface area contributed by atoms with Crippen molar-refractivity contribution in [1.29, 1.82) is 0 Å². The van der Waals surface area contributed by atoms with Gasteiger partial charge < -0.3 is 15.3 Å². The van der Waals surface area contributed by atoms with E-state index in [4.69, 9.17) is 5.11 Å². The number of hydrogen-bond acceptors (Lipinski definition) is 3. The van der Waals surface area contributed by atoms with Gasteiger partial charge in [-0.2, -0.15) is 0 Å². The lowest BCUT2D eigenvalue weighted by molar-refractivity contribution is -0.123. The molecule has 5 heteroatoms. The number of aliphatic hydroxyl groups excluding tert-OH is 1. The highest BCUT2D eigenvalue weighted by atomic mass is 79.9. The van der Waals surface area contributed by atoms with Gasteiger partial charge in [0.25, 0.3) is 0 Å². The first-order chi connectivity index (χ1) is 8.15. The number of anilines is 1. The fourth-order valence-corrected chi connectivity index (χ4v) is 2.50. The number of halogens is 1. The molecule has 1 fully saturated rings. The molecular formula is C12H15BrN2O2. The van der Waals surface area contributed by atoms with E-state index in [0.717, 1.165) is 10.2 Å². The molecule has 1 aliphatic heterocycles. The van der Waals surface area contributed by atoms with Crippen LogP contribution in [0.2, 0.25) is 0 Å². The quantitative estimate of drug-likeness (QED) is 0.861. The molecule has 17 heavy (non-hydrogen) atoms. The summed E-state index contributed by atoms with van der Waals surface area (Å²) >= 11 is 3.45. The monoisotopic (exact) mass is 298 g/mol. The number of aliphatic hydroxyl groups is 1. The van der Waals surface area contributed by atoms with Crippen LogP contribution in [0.4, 0.5) is 5.69 Å². The summed E-state index contributed by atoms with van der Waals surface area (Å²) < 4.78 is 0.888. The molecule has 0 radical (unpaired) electrons. The van der Waals surface area contributed by atoms with Gasteiger partial charge in [0.1, 0.15) is 6.04 Å². The van der Waals surface area contributed by atoms with Gasteiger partial charge in [-0.15, -0.1) is 0 Å². The molecule has 0 saturated carbocycles. The van der Waals surface area contributed by atoms with Crippen molar-refractivity contribution in [2.75, 3.05) is 18.1 Å². The largest absolute Gasteiger partial charge is 0.394 e. The van der Waals surface area contributed by atoms with Crippen LogP contribution in [0.3, 0.4) is 0 Å². The average Bonchev–Trinajstić information content (AvgIpc) is 2.32. The molecule has 1 aromatic carbocycles. The zero-order valence-electron chi connectivity index (χ0n) is 9.56. The van der Waals surface area contributed by atoms with Crippen LogP contribution in [0.25, 0.3) is 0 Å². The Balaban J connectivity index is 2.35. The molecular weight excluding hydrogens is 284 g/mol. The molecule has 2 unspecified atom stereocenters. The minimum Gasteiger partial charge on any atom is -0.394 e. The average molecular weight is 299 g/mol. The first-order valence-corrected chi connectivity index (χ1v) is 6.36. The predicted molar refractivity (Wildman–Crippen MR) is 70.0 cm³/mol. The van der Waals surface area contributed by atoms with Crippen molar-refractivity contribution in [2.45, 2.75) is 19.0 Å². The van der Waals surface area contributed by atoms with Gasteiger partial charge in [-0.25, -0.2) is 0 Å². The molecule has 2 rings (SSSR count). The van der Waals surface area contributed by atoms with E-state index in [-0.39, 0.29) is 18.6 Å². The van der Waals surface area contributed by atoms with Crippen LogP contribution in [0.15, 0.2) is 28.7 Å². The van der Waals surface area contributed by atoms with Crippen molar-refractivity contribution in [3.05, 3.63) is 28.7 Å². The summed E-state index contributed by atoms with van der Waals surface area (Å²) in [6, 6.07) is 7.19. The van der Waals surface area contributed by atoms with Crippen LogP contribution in [0, 0.1) is 0 Å². The number of hydrogen-bond donors (Lipinski definition) is 2. The molecule has 92 valence electrons. The minimum atomic E-state index is -0.502. The van der Waals surface area contributed by atoms with Gasteiger partial charge in [0.05, 0.1) is 12.3 Å². The summed E-state index contributed by atoms with van der Waals surface area (Å²) in [6.07, 6.45) is 0. The number of carbonyl (C=O) groups excluding carboxylic acids is 1. The molecule has 1 aliphatic rings. The molecule has 1 saturated heterocycles. The Hall–Kier alpha value is -0.910. The van der Waals surface area contributed by atoms with Crippen molar-refractivity contribution in [3.63, 3.8) is 0 Å². The topological polar surface area (TPSA) is 52.6 Å². The standard InChI is InChI=1S/C12H15BrN2O2/c1-8-6-14-10(7-16)12(17)15(8)11-5-3-2-4-9(11)13/h2-5,8,10,14,16H,6-7H2,1H3. The van der Waals surface area contributed by atoms with E-state index in [9.17, 15) is 4.79 Å². The Morgan fingerprint density at radius 1 is 1.53 bits per heavy atom. The third-order valence-corrected chi connectivity index (χ3v) is 3.60. The highest BCUT2D eigenvalue weighted by Gasteiger charge is 2.33. The fourth-order valence-electron chi connectivity index (χ4n) is 2.02. The maximum Gasteiger partial charge on any atom is 0.246 e. The van der Waals surface area contributed by atoms with Crippen LogP contribution in [0.5, 0.6) is 0 Å². The highest BCUT2D eigenvalue weighted by Crippen LogP contribution is 2.29. The zero-order chi connectivity index (χ0) is 12.4. The normalized spacial score (nSPS) is 25.1. The van der Waals surface area contributed by atoms with Crippen LogP contribution < -0.4 is 10.2 Å².